The van der Waals surface area contributed by atoms with Crippen molar-refractivity contribution in [2.24, 2.45) is 0 Å². The highest BCUT2D eigenvalue weighted by molar-refractivity contribution is 5.39. The fourth-order valence-electron chi connectivity index (χ4n) is 3.91. The molecule has 0 aliphatic carbocycles. The molecule has 0 bridgehead atoms. The van der Waals surface area contributed by atoms with Crippen LogP contribution in [-0.2, 0) is 43.5 Å². The lowest BCUT2D eigenvalue weighted by atomic mass is 9.82. The van der Waals surface area contributed by atoms with Gasteiger partial charge in [0, 0.05) is 42.7 Å². The predicted molar refractivity (Wildman–Crippen MR) is 106 cm³/mol. The number of methoxy groups -OCH3 is 6. The van der Waals surface area contributed by atoms with Gasteiger partial charge in [-0.1, -0.05) is 60.7 Å². The summed E-state index contributed by atoms with van der Waals surface area (Å²) >= 11 is 0. The third kappa shape index (κ3) is 3.00. The molecule has 1 saturated heterocycles. The summed E-state index contributed by atoms with van der Waals surface area (Å²) in [6.07, 6.45) is 0. The van der Waals surface area contributed by atoms with E-state index in [0.717, 1.165) is 0 Å². The maximum atomic E-state index is 6.66. The smallest absolute Gasteiger partial charge is 0.328 e. The van der Waals surface area contributed by atoms with Crippen LogP contribution >= 0.6 is 0 Å². The SMILES string of the molecule is COC1(OC)OC(OC)(OC)C(c2ccccc2)(c2ccccc2)OC1(OC)OC. The van der Waals surface area contributed by atoms with E-state index in [1.54, 1.807) is 0 Å². The molecule has 3 rings (SSSR count). The van der Waals surface area contributed by atoms with Crippen LogP contribution < -0.4 is 0 Å². The van der Waals surface area contributed by atoms with E-state index in [1.165, 1.54) is 42.7 Å². The molecule has 0 radical (unpaired) electrons. The Bertz CT molecular complexity index is 759. The molecule has 1 aliphatic rings. The van der Waals surface area contributed by atoms with Crippen molar-refractivity contribution < 1.29 is 37.9 Å². The molecule has 0 aromatic heterocycles. The maximum absolute atomic E-state index is 6.66. The average molecular weight is 420 g/mol. The van der Waals surface area contributed by atoms with Crippen molar-refractivity contribution in [2.45, 2.75) is 23.5 Å². The van der Waals surface area contributed by atoms with Crippen molar-refractivity contribution in [3.8, 4) is 0 Å². The van der Waals surface area contributed by atoms with Crippen molar-refractivity contribution in [1.82, 2.24) is 0 Å². The summed E-state index contributed by atoms with van der Waals surface area (Å²) in [7, 11) is 8.41. The van der Waals surface area contributed by atoms with Crippen molar-refractivity contribution in [2.75, 3.05) is 42.7 Å². The highest BCUT2D eigenvalue weighted by Gasteiger charge is 2.77. The van der Waals surface area contributed by atoms with E-state index >= 15 is 0 Å². The van der Waals surface area contributed by atoms with E-state index in [2.05, 4.69) is 0 Å². The van der Waals surface area contributed by atoms with E-state index < -0.39 is 23.5 Å². The lowest BCUT2D eigenvalue weighted by molar-refractivity contribution is -0.659. The van der Waals surface area contributed by atoms with Crippen LogP contribution in [0.3, 0.4) is 0 Å². The molecular weight excluding hydrogens is 392 g/mol. The first kappa shape index (κ1) is 22.8. The number of rotatable bonds is 8. The second kappa shape index (κ2) is 8.70. The molecule has 1 heterocycles. The third-order valence-electron chi connectivity index (χ3n) is 5.34. The van der Waals surface area contributed by atoms with Crippen LogP contribution in [0.4, 0.5) is 0 Å². The summed E-state index contributed by atoms with van der Waals surface area (Å²) in [6.45, 7) is 0. The van der Waals surface area contributed by atoms with Crippen molar-refractivity contribution in [1.29, 1.82) is 0 Å². The summed E-state index contributed by atoms with van der Waals surface area (Å²) < 4.78 is 47.2. The van der Waals surface area contributed by atoms with Gasteiger partial charge in [-0.15, -0.1) is 0 Å². The number of benzene rings is 2. The minimum Gasteiger partial charge on any atom is -0.328 e. The van der Waals surface area contributed by atoms with Crippen LogP contribution in [0.15, 0.2) is 60.7 Å². The Balaban J connectivity index is 2.42. The first-order valence-corrected chi connectivity index (χ1v) is 9.31. The standard InChI is InChI=1S/C22H28O8/c1-23-20(24-2)19(17-13-9-7-10-14-17,18-15-11-8-12-16-18)29-21(25-3,26-4)22(27-5,28-6)30-20/h7-16H,1-6H3. The third-order valence-corrected chi connectivity index (χ3v) is 5.34. The van der Waals surface area contributed by atoms with Gasteiger partial charge in [-0.2, -0.15) is 0 Å². The van der Waals surface area contributed by atoms with Crippen LogP contribution in [-0.4, -0.2) is 60.6 Å². The van der Waals surface area contributed by atoms with Gasteiger partial charge in [0.2, 0.25) is 5.60 Å². The Kier molecular flexibility index (Phi) is 6.61. The summed E-state index contributed by atoms with van der Waals surface area (Å²) in [5, 5.41) is 0. The molecule has 1 fully saturated rings. The highest BCUT2D eigenvalue weighted by atomic mass is 17.0. The average Bonchev–Trinajstić information content (AvgIpc) is 2.84. The second-order valence-corrected chi connectivity index (χ2v) is 6.51. The number of hydrogen-bond acceptors (Lipinski definition) is 8. The normalized spacial score (nSPS) is 21.3. The first-order chi connectivity index (χ1) is 14.5. The van der Waals surface area contributed by atoms with Crippen LogP contribution in [0.25, 0.3) is 0 Å². The Labute approximate surface area is 176 Å². The van der Waals surface area contributed by atoms with E-state index in [0.29, 0.717) is 11.1 Å². The summed E-state index contributed by atoms with van der Waals surface area (Å²) in [5.74, 6) is -5.80. The lowest BCUT2D eigenvalue weighted by Gasteiger charge is -2.59. The summed E-state index contributed by atoms with van der Waals surface area (Å²) in [6, 6.07) is 18.7. The zero-order valence-electron chi connectivity index (χ0n) is 18.0. The molecule has 0 unspecified atom stereocenters. The summed E-state index contributed by atoms with van der Waals surface area (Å²) in [5.41, 5.74) is -0.177. The van der Waals surface area contributed by atoms with Gasteiger partial charge < -0.3 is 28.4 Å². The fraction of sp³-hybridized carbons (Fsp3) is 0.455. The largest absolute Gasteiger partial charge is 0.374 e. The van der Waals surface area contributed by atoms with Crippen LogP contribution in [0.5, 0.6) is 0 Å². The van der Waals surface area contributed by atoms with Crippen molar-refractivity contribution >= 4 is 0 Å². The molecule has 0 atom stereocenters. The van der Waals surface area contributed by atoms with Gasteiger partial charge in [0.15, 0.2) is 0 Å². The topological polar surface area (TPSA) is 73.8 Å². The molecule has 1 aliphatic heterocycles. The molecule has 30 heavy (non-hydrogen) atoms. The Morgan fingerprint density at radius 3 is 1.13 bits per heavy atom. The van der Waals surface area contributed by atoms with Gasteiger partial charge in [0.1, 0.15) is 0 Å². The quantitative estimate of drug-likeness (QED) is 0.604. The van der Waals surface area contributed by atoms with Gasteiger partial charge in [-0.3, -0.25) is 9.47 Å². The number of hydrogen-bond donors (Lipinski definition) is 0. The second-order valence-electron chi connectivity index (χ2n) is 6.51. The maximum Gasteiger partial charge on any atom is 0.374 e. The van der Waals surface area contributed by atoms with Gasteiger partial charge >= 0.3 is 17.9 Å². The Morgan fingerprint density at radius 2 is 0.800 bits per heavy atom. The lowest BCUT2D eigenvalue weighted by Crippen LogP contribution is -2.77. The van der Waals surface area contributed by atoms with Gasteiger partial charge in [0.25, 0.3) is 0 Å². The zero-order valence-corrected chi connectivity index (χ0v) is 18.0. The molecule has 0 spiro atoms. The molecule has 8 heteroatoms. The molecule has 164 valence electrons. The molecule has 2 aromatic rings. The fourth-order valence-corrected chi connectivity index (χ4v) is 3.91. The Hall–Kier alpha value is -1.88. The molecule has 0 amide bonds. The zero-order chi connectivity index (χ0) is 21.9. The van der Waals surface area contributed by atoms with E-state index in [-0.39, 0.29) is 0 Å². The molecule has 0 N–H and O–H groups in total. The van der Waals surface area contributed by atoms with Crippen LogP contribution in [0.1, 0.15) is 11.1 Å². The molecular formula is C22H28O8. The van der Waals surface area contributed by atoms with Crippen LogP contribution in [0, 0.1) is 0 Å². The predicted octanol–water partition coefficient (Wildman–Crippen LogP) is 2.82. The van der Waals surface area contributed by atoms with E-state index in [9.17, 15) is 0 Å². The minimum absolute atomic E-state index is 0.666. The molecule has 0 saturated carbocycles. The minimum atomic E-state index is -1.99. The van der Waals surface area contributed by atoms with Crippen molar-refractivity contribution in [3.05, 3.63) is 71.8 Å². The summed E-state index contributed by atoms with van der Waals surface area (Å²) in [4.78, 5) is 0. The highest BCUT2D eigenvalue weighted by Crippen LogP contribution is 2.57. The number of ether oxygens (including phenoxy) is 8. The van der Waals surface area contributed by atoms with Crippen molar-refractivity contribution in [3.63, 3.8) is 0 Å². The molecule has 8 nitrogen and oxygen atoms in total. The van der Waals surface area contributed by atoms with E-state index in [1.807, 2.05) is 60.7 Å². The molecule has 2 aromatic carbocycles. The van der Waals surface area contributed by atoms with Gasteiger partial charge in [-0.25, -0.2) is 0 Å². The van der Waals surface area contributed by atoms with Gasteiger partial charge in [-0.05, 0) is 11.1 Å². The van der Waals surface area contributed by atoms with Crippen LogP contribution in [0.2, 0.25) is 0 Å². The monoisotopic (exact) mass is 420 g/mol. The van der Waals surface area contributed by atoms with E-state index in [4.69, 9.17) is 37.9 Å². The first-order valence-electron chi connectivity index (χ1n) is 9.31. The van der Waals surface area contributed by atoms with Gasteiger partial charge in [0.05, 0.1) is 0 Å². The Morgan fingerprint density at radius 1 is 0.467 bits per heavy atom.